The van der Waals surface area contributed by atoms with Gasteiger partial charge in [-0.05, 0) is 12.3 Å². The quantitative estimate of drug-likeness (QED) is 0.794. The largest absolute Gasteiger partial charge is 0.339 e. The summed E-state index contributed by atoms with van der Waals surface area (Å²) in [6.45, 7) is 7.11. The van der Waals surface area contributed by atoms with Crippen LogP contribution in [0.4, 0.5) is 0 Å². The molecule has 0 spiro atoms. The van der Waals surface area contributed by atoms with Crippen molar-refractivity contribution >= 4 is 0 Å². The molecule has 0 amide bonds. The molecule has 1 fully saturated rings. The van der Waals surface area contributed by atoms with Crippen LogP contribution in [0.2, 0.25) is 0 Å². The molecule has 1 aromatic rings. The zero-order valence-corrected chi connectivity index (χ0v) is 8.95. The van der Waals surface area contributed by atoms with Crippen LogP contribution in [0.25, 0.3) is 0 Å². The number of nitrogens with one attached hydrogen (secondary N) is 1. The van der Waals surface area contributed by atoms with Crippen LogP contribution >= 0.6 is 0 Å². The van der Waals surface area contributed by atoms with E-state index in [1.165, 1.54) is 6.42 Å². The van der Waals surface area contributed by atoms with E-state index < -0.39 is 0 Å². The average molecular weight is 195 g/mol. The van der Waals surface area contributed by atoms with Gasteiger partial charge in [0.25, 0.3) is 0 Å². The minimum atomic E-state index is 0.455. The Labute approximate surface area is 84.1 Å². The molecule has 0 bridgehead atoms. The zero-order chi connectivity index (χ0) is 10.1. The highest BCUT2D eigenvalue weighted by molar-refractivity contribution is 5.05. The summed E-state index contributed by atoms with van der Waals surface area (Å²) in [7, 11) is 0. The lowest BCUT2D eigenvalue weighted by atomic mass is 10.3. The van der Waals surface area contributed by atoms with Crippen molar-refractivity contribution < 1.29 is 4.52 Å². The molecule has 2 rings (SSSR count). The molecular formula is C10H17N3O. The van der Waals surface area contributed by atoms with E-state index in [4.69, 9.17) is 4.52 Å². The van der Waals surface area contributed by atoms with Crippen molar-refractivity contribution in [2.75, 3.05) is 0 Å². The summed E-state index contributed by atoms with van der Waals surface area (Å²) in [4.78, 5) is 4.35. The molecule has 1 heterocycles. The van der Waals surface area contributed by atoms with E-state index in [0.717, 1.165) is 17.6 Å². The molecule has 1 N–H and O–H groups in total. The van der Waals surface area contributed by atoms with Crippen molar-refractivity contribution in [3.8, 4) is 0 Å². The summed E-state index contributed by atoms with van der Waals surface area (Å²) in [6.07, 6.45) is 1.19. The number of hydrogen-bond donors (Lipinski definition) is 1. The van der Waals surface area contributed by atoms with Gasteiger partial charge in [-0.2, -0.15) is 4.98 Å². The van der Waals surface area contributed by atoms with Crippen LogP contribution < -0.4 is 5.32 Å². The van der Waals surface area contributed by atoms with Crippen LogP contribution in [0.1, 0.15) is 44.8 Å². The summed E-state index contributed by atoms with van der Waals surface area (Å²) in [6, 6.07) is 0.455. The van der Waals surface area contributed by atoms with Crippen molar-refractivity contribution in [2.45, 2.75) is 45.7 Å². The van der Waals surface area contributed by atoms with Crippen LogP contribution in [0.15, 0.2) is 4.52 Å². The fourth-order valence-electron chi connectivity index (χ4n) is 1.45. The summed E-state index contributed by atoms with van der Waals surface area (Å²) >= 11 is 0. The molecule has 0 aromatic carbocycles. The molecule has 1 aromatic heterocycles. The van der Waals surface area contributed by atoms with Crippen molar-refractivity contribution in [1.82, 2.24) is 15.5 Å². The highest BCUT2D eigenvalue weighted by Crippen LogP contribution is 2.45. The van der Waals surface area contributed by atoms with Gasteiger partial charge in [0, 0.05) is 12.0 Å². The highest BCUT2D eigenvalue weighted by atomic mass is 16.5. The van der Waals surface area contributed by atoms with Crippen LogP contribution in [-0.2, 0) is 6.54 Å². The van der Waals surface area contributed by atoms with E-state index in [1.54, 1.807) is 0 Å². The Balaban J connectivity index is 1.90. The summed E-state index contributed by atoms with van der Waals surface area (Å²) in [5.74, 6) is 2.84. The summed E-state index contributed by atoms with van der Waals surface area (Å²) < 4.78 is 5.19. The van der Waals surface area contributed by atoms with Crippen LogP contribution in [0.5, 0.6) is 0 Å². The Kier molecular flexibility index (Phi) is 2.54. The zero-order valence-electron chi connectivity index (χ0n) is 8.95. The highest BCUT2D eigenvalue weighted by Gasteiger charge is 2.38. The van der Waals surface area contributed by atoms with Crippen molar-refractivity contribution in [1.29, 1.82) is 0 Å². The van der Waals surface area contributed by atoms with E-state index in [2.05, 4.69) is 36.2 Å². The lowest BCUT2D eigenvalue weighted by molar-refractivity contribution is 0.369. The Morgan fingerprint density at radius 3 is 2.86 bits per heavy atom. The van der Waals surface area contributed by atoms with Gasteiger partial charge in [-0.1, -0.05) is 25.9 Å². The second-order valence-electron chi connectivity index (χ2n) is 4.40. The van der Waals surface area contributed by atoms with Gasteiger partial charge >= 0.3 is 0 Å². The summed E-state index contributed by atoms with van der Waals surface area (Å²) in [5, 5.41) is 7.20. The van der Waals surface area contributed by atoms with E-state index in [0.29, 0.717) is 18.5 Å². The summed E-state index contributed by atoms with van der Waals surface area (Å²) in [5.41, 5.74) is 0. The number of hydrogen-bond acceptors (Lipinski definition) is 4. The smallest absolute Gasteiger partial charge is 0.230 e. The molecule has 0 aliphatic heterocycles. The fraction of sp³-hybridized carbons (Fsp3) is 0.800. The van der Waals surface area contributed by atoms with E-state index >= 15 is 0 Å². The molecule has 0 radical (unpaired) electrons. The molecule has 78 valence electrons. The van der Waals surface area contributed by atoms with Gasteiger partial charge in [-0.15, -0.1) is 0 Å². The lowest BCUT2D eigenvalue weighted by Gasteiger charge is -2.03. The number of aromatic nitrogens is 2. The Bertz CT molecular complexity index is 308. The molecule has 4 nitrogen and oxygen atoms in total. The van der Waals surface area contributed by atoms with Crippen molar-refractivity contribution in [3.05, 3.63) is 11.7 Å². The van der Waals surface area contributed by atoms with Crippen molar-refractivity contribution in [3.63, 3.8) is 0 Å². The molecule has 1 saturated carbocycles. The van der Waals surface area contributed by atoms with Gasteiger partial charge in [0.1, 0.15) is 0 Å². The predicted octanol–water partition coefficient (Wildman–Crippen LogP) is 1.69. The topological polar surface area (TPSA) is 51.0 Å². The minimum Gasteiger partial charge on any atom is -0.339 e. The van der Waals surface area contributed by atoms with Crippen LogP contribution in [0.3, 0.4) is 0 Å². The van der Waals surface area contributed by atoms with Gasteiger partial charge in [-0.3, -0.25) is 0 Å². The van der Waals surface area contributed by atoms with E-state index in [-0.39, 0.29) is 0 Å². The van der Waals surface area contributed by atoms with E-state index in [1.807, 2.05) is 0 Å². The first-order valence-corrected chi connectivity index (χ1v) is 5.22. The number of rotatable bonds is 4. The molecular weight excluding hydrogens is 178 g/mol. The first kappa shape index (κ1) is 9.65. The normalized spacial score (nSPS) is 25.7. The second-order valence-corrected chi connectivity index (χ2v) is 4.40. The third-order valence-corrected chi connectivity index (χ3v) is 2.58. The van der Waals surface area contributed by atoms with Gasteiger partial charge in [0.05, 0.1) is 6.54 Å². The lowest BCUT2D eigenvalue weighted by Crippen LogP contribution is -2.22. The Morgan fingerprint density at radius 1 is 1.57 bits per heavy atom. The molecule has 2 unspecified atom stereocenters. The maximum absolute atomic E-state index is 5.19. The maximum Gasteiger partial charge on any atom is 0.230 e. The third kappa shape index (κ3) is 2.12. The molecule has 14 heavy (non-hydrogen) atoms. The molecule has 1 aliphatic rings. The first-order chi connectivity index (χ1) is 6.66. The monoisotopic (exact) mass is 195 g/mol. The second kappa shape index (κ2) is 3.69. The Hall–Kier alpha value is -0.900. The first-order valence-electron chi connectivity index (χ1n) is 5.22. The SMILES string of the molecule is CC(C)NCc1noc(C2CC2C)n1. The maximum atomic E-state index is 5.19. The molecule has 2 atom stereocenters. The van der Waals surface area contributed by atoms with Gasteiger partial charge < -0.3 is 9.84 Å². The average Bonchev–Trinajstić information content (AvgIpc) is 2.68. The van der Waals surface area contributed by atoms with Crippen LogP contribution in [0, 0.1) is 5.92 Å². The van der Waals surface area contributed by atoms with E-state index in [9.17, 15) is 0 Å². The van der Waals surface area contributed by atoms with Gasteiger partial charge in [0.2, 0.25) is 5.89 Å². The third-order valence-electron chi connectivity index (χ3n) is 2.58. The molecule has 1 aliphatic carbocycles. The Morgan fingerprint density at radius 2 is 2.29 bits per heavy atom. The molecule has 4 heteroatoms. The predicted molar refractivity (Wildman–Crippen MR) is 52.8 cm³/mol. The van der Waals surface area contributed by atoms with Gasteiger partial charge in [0.15, 0.2) is 5.82 Å². The minimum absolute atomic E-state index is 0.455. The van der Waals surface area contributed by atoms with Crippen molar-refractivity contribution in [2.24, 2.45) is 5.92 Å². The number of nitrogens with zero attached hydrogens (tertiary/aromatic N) is 2. The standard InChI is InChI=1S/C10H17N3O/c1-6(2)11-5-9-12-10(14-13-9)8-4-7(8)3/h6-8,11H,4-5H2,1-3H3. The fourth-order valence-corrected chi connectivity index (χ4v) is 1.45. The molecule has 0 saturated heterocycles. The van der Waals surface area contributed by atoms with Crippen LogP contribution in [-0.4, -0.2) is 16.2 Å². The van der Waals surface area contributed by atoms with Gasteiger partial charge in [-0.25, -0.2) is 0 Å².